The van der Waals surface area contributed by atoms with Crippen molar-refractivity contribution in [2.75, 3.05) is 5.32 Å². The molecular weight excluding hydrogens is 395 g/mol. The van der Waals surface area contributed by atoms with Crippen LogP contribution in [0.4, 0.5) is 10.1 Å². The first kappa shape index (κ1) is 21.8. The van der Waals surface area contributed by atoms with E-state index in [-0.39, 0.29) is 5.82 Å². The van der Waals surface area contributed by atoms with Crippen LogP contribution in [0.15, 0.2) is 66.7 Å². The quantitative estimate of drug-likeness (QED) is 0.495. The topological polar surface area (TPSA) is 82.3 Å². The highest BCUT2D eigenvalue weighted by Crippen LogP contribution is 2.33. The average Bonchev–Trinajstić information content (AvgIpc) is 2.78. The van der Waals surface area contributed by atoms with Gasteiger partial charge in [-0.15, -0.1) is 0 Å². The van der Waals surface area contributed by atoms with Crippen LogP contribution in [0.1, 0.15) is 48.2 Å². The molecule has 0 radical (unpaired) electrons. The molecule has 0 aliphatic carbocycles. The molecule has 0 saturated heterocycles. The number of carboxylic acid groups (broad SMARTS) is 1. The molecule has 5 nitrogen and oxygen atoms in total. The van der Waals surface area contributed by atoms with Crippen LogP contribution in [0.2, 0.25) is 0 Å². The van der Waals surface area contributed by atoms with Crippen LogP contribution in [0, 0.1) is 17.1 Å². The lowest BCUT2D eigenvalue weighted by Crippen LogP contribution is -2.22. The number of rotatable bonds is 8. The summed E-state index contributed by atoms with van der Waals surface area (Å²) in [6.07, 6.45) is 0.107. The zero-order valence-electron chi connectivity index (χ0n) is 17.3. The van der Waals surface area contributed by atoms with Crippen LogP contribution in [-0.2, 0) is 11.2 Å². The number of benzene rings is 3. The highest BCUT2D eigenvalue weighted by Gasteiger charge is 2.25. The van der Waals surface area contributed by atoms with Gasteiger partial charge in [0, 0.05) is 16.8 Å². The summed E-state index contributed by atoms with van der Waals surface area (Å²) in [5, 5.41) is 21.9. The van der Waals surface area contributed by atoms with Crippen molar-refractivity contribution in [2.24, 2.45) is 0 Å². The monoisotopic (exact) mass is 418 g/mol. The smallest absolute Gasteiger partial charge is 0.330 e. The molecule has 6 heteroatoms. The number of halogens is 1. The molecule has 3 aromatic rings. The fraction of sp³-hybridized carbons (Fsp3) is 0.200. The highest BCUT2D eigenvalue weighted by molar-refractivity contribution is 5.80. The third-order valence-corrected chi connectivity index (χ3v) is 5.01. The van der Waals surface area contributed by atoms with Gasteiger partial charge in [-0.1, -0.05) is 31.2 Å². The molecule has 3 aromatic carbocycles. The molecule has 3 rings (SSSR count). The maximum Gasteiger partial charge on any atom is 0.330 e. The van der Waals surface area contributed by atoms with Crippen molar-refractivity contribution in [3.63, 3.8) is 0 Å². The summed E-state index contributed by atoms with van der Waals surface area (Å²) in [6.45, 7) is 3.70. The summed E-state index contributed by atoms with van der Waals surface area (Å²) in [5.41, 5.74) is 2.82. The number of nitrogens with one attached hydrogen (secondary N) is 1. The molecule has 0 fully saturated rings. The summed E-state index contributed by atoms with van der Waals surface area (Å²) >= 11 is 0. The number of aryl methyl sites for hydroxylation is 1. The predicted molar refractivity (Wildman–Crippen MR) is 116 cm³/mol. The van der Waals surface area contributed by atoms with Crippen LogP contribution in [-0.4, -0.2) is 11.1 Å². The van der Waals surface area contributed by atoms with E-state index in [4.69, 9.17) is 10.00 Å². The van der Waals surface area contributed by atoms with Gasteiger partial charge in [-0.2, -0.15) is 5.26 Å². The van der Waals surface area contributed by atoms with Gasteiger partial charge in [0.1, 0.15) is 17.7 Å². The molecule has 0 aliphatic heterocycles. The average molecular weight is 418 g/mol. The summed E-state index contributed by atoms with van der Waals surface area (Å²) < 4.78 is 20.2. The van der Waals surface area contributed by atoms with Crippen molar-refractivity contribution in [3.8, 4) is 11.8 Å². The fourth-order valence-corrected chi connectivity index (χ4v) is 3.29. The van der Waals surface area contributed by atoms with Gasteiger partial charge in [-0.3, -0.25) is 0 Å². The molecule has 31 heavy (non-hydrogen) atoms. The second-order valence-corrected chi connectivity index (χ2v) is 7.11. The minimum absolute atomic E-state index is 0.362. The number of carboxylic acids is 1. The molecule has 2 N–H and O–H groups in total. The van der Waals surface area contributed by atoms with E-state index in [1.165, 1.54) is 6.07 Å². The van der Waals surface area contributed by atoms with E-state index in [0.29, 0.717) is 28.1 Å². The summed E-state index contributed by atoms with van der Waals surface area (Å²) in [4.78, 5) is 12.2. The molecule has 0 aliphatic rings. The number of aliphatic carboxylic acids is 1. The number of nitrogens with zero attached hydrogens (tertiary/aromatic N) is 1. The van der Waals surface area contributed by atoms with Crippen molar-refractivity contribution >= 4 is 11.7 Å². The molecule has 0 bridgehead atoms. The molecule has 0 heterocycles. The van der Waals surface area contributed by atoms with E-state index >= 15 is 0 Å². The Morgan fingerprint density at radius 2 is 1.84 bits per heavy atom. The van der Waals surface area contributed by atoms with E-state index in [1.807, 2.05) is 19.1 Å². The lowest BCUT2D eigenvalue weighted by molar-refractivity contribution is -0.138. The van der Waals surface area contributed by atoms with Crippen LogP contribution in [0.3, 0.4) is 0 Å². The summed E-state index contributed by atoms with van der Waals surface area (Å²) in [6, 6.07) is 19.2. The number of hydrogen-bond donors (Lipinski definition) is 2. The molecule has 2 atom stereocenters. The van der Waals surface area contributed by atoms with Crippen LogP contribution < -0.4 is 10.1 Å². The molecule has 0 amide bonds. The van der Waals surface area contributed by atoms with Crippen molar-refractivity contribution in [2.45, 2.75) is 32.4 Å². The van der Waals surface area contributed by atoms with E-state index in [9.17, 15) is 14.3 Å². The Labute approximate surface area is 180 Å². The van der Waals surface area contributed by atoms with Gasteiger partial charge in [-0.25, -0.2) is 9.18 Å². The second-order valence-electron chi connectivity index (χ2n) is 7.11. The third kappa shape index (κ3) is 5.20. The maximum absolute atomic E-state index is 14.2. The highest BCUT2D eigenvalue weighted by atomic mass is 19.1. The van der Waals surface area contributed by atoms with E-state index < -0.39 is 18.1 Å². The summed E-state index contributed by atoms with van der Waals surface area (Å²) in [7, 11) is 0. The largest absolute Gasteiger partial charge is 0.486 e. The number of hydrogen-bond acceptors (Lipinski definition) is 4. The van der Waals surface area contributed by atoms with E-state index in [1.54, 1.807) is 61.5 Å². The normalized spacial score (nSPS) is 12.5. The molecule has 0 saturated carbocycles. The minimum atomic E-state index is -1.10. The lowest BCUT2D eigenvalue weighted by Gasteiger charge is -2.23. The third-order valence-electron chi connectivity index (χ3n) is 5.01. The van der Waals surface area contributed by atoms with Crippen LogP contribution in [0.5, 0.6) is 5.75 Å². The number of anilines is 1. The zero-order valence-corrected chi connectivity index (χ0v) is 17.3. The Balaban J connectivity index is 1.96. The summed E-state index contributed by atoms with van der Waals surface area (Å²) in [5.74, 6) is -1.10. The van der Waals surface area contributed by atoms with Crippen molar-refractivity contribution in [1.82, 2.24) is 0 Å². The Hall–Kier alpha value is -3.85. The first-order valence-corrected chi connectivity index (χ1v) is 9.96. The van der Waals surface area contributed by atoms with Crippen molar-refractivity contribution in [3.05, 3.63) is 94.8 Å². The van der Waals surface area contributed by atoms with E-state index in [0.717, 1.165) is 12.0 Å². The van der Waals surface area contributed by atoms with Crippen LogP contribution >= 0.6 is 0 Å². The maximum atomic E-state index is 14.2. The molecule has 0 spiro atoms. The Morgan fingerprint density at radius 3 is 2.45 bits per heavy atom. The van der Waals surface area contributed by atoms with Crippen molar-refractivity contribution < 1.29 is 19.0 Å². The van der Waals surface area contributed by atoms with Gasteiger partial charge < -0.3 is 15.2 Å². The number of ether oxygens (including phenoxy) is 1. The Bertz CT molecular complexity index is 1110. The molecule has 158 valence electrons. The second kappa shape index (κ2) is 9.77. The van der Waals surface area contributed by atoms with Gasteiger partial charge in [0.15, 0.2) is 6.04 Å². The number of carbonyl (C=O) groups is 1. The standard InChI is InChI=1S/C25H23FN2O3/c1-3-17-10-13-23(31-16(2)20-6-4-5-7-22(20)26)21(14-17)24(25(29)30)28-19-11-8-18(15-27)9-12-19/h4-14,16,24,28H,3H2,1-2H3,(H,29,30). The molecule has 0 aromatic heterocycles. The SMILES string of the molecule is CCc1ccc(OC(C)c2ccccc2F)c(C(Nc2ccc(C#N)cc2)C(=O)O)c1. The lowest BCUT2D eigenvalue weighted by atomic mass is 10.0. The van der Waals surface area contributed by atoms with Gasteiger partial charge in [-0.05, 0) is 61.4 Å². The van der Waals surface area contributed by atoms with Gasteiger partial charge in [0.05, 0.1) is 11.6 Å². The van der Waals surface area contributed by atoms with Crippen molar-refractivity contribution in [1.29, 1.82) is 5.26 Å². The van der Waals surface area contributed by atoms with Gasteiger partial charge in [0.2, 0.25) is 0 Å². The molecule has 2 unspecified atom stereocenters. The number of nitriles is 1. The minimum Gasteiger partial charge on any atom is -0.486 e. The van der Waals surface area contributed by atoms with Crippen LogP contribution in [0.25, 0.3) is 0 Å². The van der Waals surface area contributed by atoms with E-state index in [2.05, 4.69) is 5.32 Å². The molecular formula is C25H23FN2O3. The van der Waals surface area contributed by atoms with Gasteiger partial charge >= 0.3 is 5.97 Å². The zero-order chi connectivity index (χ0) is 22.4. The predicted octanol–water partition coefficient (Wildman–Crippen LogP) is 5.64. The van der Waals surface area contributed by atoms with Gasteiger partial charge in [0.25, 0.3) is 0 Å². The first-order chi connectivity index (χ1) is 14.9. The Morgan fingerprint density at radius 1 is 1.13 bits per heavy atom. The fourth-order valence-electron chi connectivity index (χ4n) is 3.29. The Kier molecular flexibility index (Phi) is 6.88. The first-order valence-electron chi connectivity index (χ1n) is 9.96.